The Kier molecular flexibility index (Phi) is 3.84. The highest BCUT2D eigenvalue weighted by atomic mass is 35.5. The molecule has 1 aliphatic carbocycles. The number of carbonyl (C=O) groups is 2. The average molecular weight is 317 g/mol. The molecule has 1 unspecified atom stereocenters. The molecule has 2 rings (SSSR count). The second-order valence-electron chi connectivity index (χ2n) is 4.95. The fourth-order valence-corrected chi connectivity index (χ4v) is 2.41. The van der Waals surface area contributed by atoms with Crippen molar-refractivity contribution in [3.63, 3.8) is 0 Å². The van der Waals surface area contributed by atoms with Gasteiger partial charge in [0.05, 0.1) is 5.41 Å². The summed E-state index contributed by atoms with van der Waals surface area (Å²) in [7, 11) is 0. The van der Waals surface area contributed by atoms with Crippen LogP contribution in [0.2, 0.25) is 0 Å². The Balaban J connectivity index is 1.94. The van der Waals surface area contributed by atoms with Crippen molar-refractivity contribution in [1.82, 2.24) is 0 Å². The first-order valence-corrected chi connectivity index (χ1v) is 6.71. The van der Waals surface area contributed by atoms with E-state index in [1.165, 1.54) is 0 Å². The van der Waals surface area contributed by atoms with E-state index in [-0.39, 0.29) is 12.5 Å². The van der Waals surface area contributed by atoms with Gasteiger partial charge in [0.15, 0.2) is 6.61 Å². The summed E-state index contributed by atoms with van der Waals surface area (Å²) in [5.74, 6) is -0.290. The number of hydrogen-bond donors (Lipinski definition) is 2. The van der Waals surface area contributed by atoms with Crippen molar-refractivity contribution in [2.45, 2.75) is 17.7 Å². The highest BCUT2D eigenvalue weighted by molar-refractivity contribution is 6.53. The van der Waals surface area contributed by atoms with Gasteiger partial charge in [-0.15, -0.1) is 23.2 Å². The van der Waals surface area contributed by atoms with Gasteiger partial charge in [-0.1, -0.05) is 0 Å². The van der Waals surface area contributed by atoms with Crippen molar-refractivity contribution in [2.75, 3.05) is 11.9 Å². The number of rotatable bonds is 5. The molecule has 0 heterocycles. The molecule has 20 heavy (non-hydrogen) atoms. The summed E-state index contributed by atoms with van der Waals surface area (Å²) in [6.07, 6.45) is 0.425. The number of nitrogens with one attached hydrogen (secondary N) is 1. The molecule has 1 fully saturated rings. The number of amides is 2. The fraction of sp³-hybridized carbons (Fsp3) is 0.385. The number of primary amides is 1. The Bertz CT molecular complexity index is 545. The molecule has 2 amide bonds. The minimum absolute atomic E-state index is 0.190. The fourth-order valence-electron chi connectivity index (χ4n) is 1.70. The number of anilines is 1. The van der Waals surface area contributed by atoms with Crippen LogP contribution in [0, 0.1) is 5.41 Å². The molecule has 5 nitrogen and oxygen atoms in total. The van der Waals surface area contributed by atoms with Gasteiger partial charge in [-0.3, -0.25) is 9.59 Å². The van der Waals surface area contributed by atoms with Crippen LogP contribution >= 0.6 is 23.2 Å². The van der Waals surface area contributed by atoms with E-state index in [0.717, 1.165) is 0 Å². The Morgan fingerprint density at radius 3 is 2.35 bits per heavy atom. The summed E-state index contributed by atoms with van der Waals surface area (Å²) in [5.41, 5.74) is 4.80. The van der Waals surface area contributed by atoms with Crippen LogP contribution in [0.4, 0.5) is 5.69 Å². The maximum Gasteiger partial charge on any atom is 0.255 e. The van der Waals surface area contributed by atoms with Gasteiger partial charge in [0, 0.05) is 5.69 Å². The van der Waals surface area contributed by atoms with Gasteiger partial charge >= 0.3 is 0 Å². The molecule has 1 saturated carbocycles. The lowest BCUT2D eigenvalue weighted by Crippen LogP contribution is -2.25. The smallest absolute Gasteiger partial charge is 0.255 e. The minimum Gasteiger partial charge on any atom is -0.484 e. The molecule has 108 valence electrons. The molecular weight excluding hydrogens is 303 g/mol. The maximum absolute atomic E-state index is 12.0. The quantitative estimate of drug-likeness (QED) is 0.816. The van der Waals surface area contributed by atoms with Gasteiger partial charge in [-0.05, 0) is 37.6 Å². The van der Waals surface area contributed by atoms with Gasteiger partial charge in [-0.25, -0.2) is 0 Å². The third-order valence-electron chi connectivity index (χ3n) is 3.25. The summed E-state index contributed by atoms with van der Waals surface area (Å²) >= 11 is 11.9. The number of nitrogens with two attached hydrogens (primary N) is 1. The Morgan fingerprint density at radius 2 is 1.90 bits per heavy atom. The summed E-state index contributed by atoms with van der Waals surface area (Å²) in [4.78, 5) is 22.6. The molecule has 1 aromatic carbocycles. The first-order valence-electron chi connectivity index (χ1n) is 5.95. The van der Waals surface area contributed by atoms with Crippen LogP contribution in [0.3, 0.4) is 0 Å². The Labute approximate surface area is 126 Å². The highest BCUT2D eigenvalue weighted by Gasteiger charge is 2.67. The molecule has 0 aromatic heterocycles. The standard InChI is InChI=1S/C13H14Cl2N2O3/c1-12(7-13(12,14)15)11(19)17-8-2-4-9(5-3-8)20-6-10(16)18/h2-5H,6-7H2,1H3,(H2,16,18)(H,17,19). The Hall–Kier alpha value is -1.46. The molecule has 7 heteroatoms. The van der Waals surface area contributed by atoms with Crippen LogP contribution in [-0.2, 0) is 9.59 Å². The van der Waals surface area contributed by atoms with Gasteiger partial charge < -0.3 is 15.8 Å². The third kappa shape index (κ3) is 2.99. The maximum atomic E-state index is 12.0. The lowest BCUT2D eigenvalue weighted by molar-refractivity contribution is -0.121. The zero-order valence-electron chi connectivity index (χ0n) is 10.8. The largest absolute Gasteiger partial charge is 0.484 e. The van der Waals surface area contributed by atoms with Gasteiger partial charge in [-0.2, -0.15) is 0 Å². The molecule has 1 aliphatic rings. The van der Waals surface area contributed by atoms with Crippen molar-refractivity contribution in [1.29, 1.82) is 0 Å². The predicted molar refractivity (Wildman–Crippen MR) is 76.9 cm³/mol. The normalized spacial score (nSPS) is 22.9. The van der Waals surface area contributed by atoms with E-state index in [2.05, 4.69) is 5.32 Å². The summed E-state index contributed by atoms with van der Waals surface area (Å²) in [5, 5.41) is 2.74. The van der Waals surface area contributed by atoms with Crippen LogP contribution in [0.1, 0.15) is 13.3 Å². The zero-order valence-corrected chi connectivity index (χ0v) is 12.3. The summed E-state index contributed by atoms with van der Waals surface area (Å²) in [6.45, 7) is 1.53. The third-order valence-corrected chi connectivity index (χ3v) is 4.35. The van der Waals surface area contributed by atoms with Gasteiger partial charge in [0.2, 0.25) is 5.91 Å². The van der Waals surface area contributed by atoms with E-state index in [4.69, 9.17) is 33.7 Å². The van der Waals surface area contributed by atoms with Crippen molar-refractivity contribution in [2.24, 2.45) is 11.1 Å². The highest BCUT2D eigenvalue weighted by Crippen LogP contribution is 2.64. The lowest BCUT2D eigenvalue weighted by atomic mass is 10.1. The number of halogens is 2. The number of benzene rings is 1. The topological polar surface area (TPSA) is 81.4 Å². The second-order valence-corrected chi connectivity index (χ2v) is 6.43. The van der Waals surface area contributed by atoms with Crippen molar-refractivity contribution < 1.29 is 14.3 Å². The average Bonchev–Trinajstić information content (AvgIpc) is 2.89. The molecule has 0 radical (unpaired) electrons. The van der Waals surface area contributed by atoms with E-state index >= 15 is 0 Å². The van der Waals surface area contributed by atoms with Gasteiger partial charge in [0.1, 0.15) is 10.1 Å². The second kappa shape index (κ2) is 5.14. The molecule has 1 aromatic rings. The van der Waals surface area contributed by atoms with Crippen molar-refractivity contribution >= 4 is 40.7 Å². The lowest BCUT2D eigenvalue weighted by Gasteiger charge is -2.13. The molecule has 1 atom stereocenters. The van der Waals surface area contributed by atoms with Crippen LogP contribution in [0.5, 0.6) is 5.75 Å². The monoisotopic (exact) mass is 316 g/mol. The predicted octanol–water partition coefficient (Wildman–Crippen LogP) is 2.07. The SMILES string of the molecule is CC1(C(=O)Nc2ccc(OCC(N)=O)cc2)CC1(Cl)Cl. The number of alkyl halides is 2. The van der Waals surface area contributed by atoms with E-state index in [1.807, 2.05) is 0 Å². The number of carbonyl (C=O) groups excluding carboxylic acids is 2. The molecule has 0 spiro atoms. The van der Waals surface area contributed by atoms with Crippen molar-refractivity contribution in [3.8, 4) is 5.75 Å². The first-order chi connectivity index (χ1) is 9.24. The van der Waals surface area contributed by atoms with E-state index in [9.17, 15) is 9.59 Å². The molecule has 0 saturated heterocycles. The number of hydrogen-bond acceptors (Lipinski definition) is 3. The van der Waals surface area contributed by atoms with E-state index in [0.29, 0.717) is 17.9 Å². The van der Waals surface area contributed by atoms with Gasteiger partial charge in [0.25, 0.3) is 5.91 Å². The molecule has 3 N–H and O–H groups in total. The van der Waals surface area contributed by atoms with Crippen LogP contribution in [0.15, 0.2) is 24.3 Å². The van der Waals surface area contributed by atoms with E-state index in [1.54, 1.807) is 31.2 Å². The molecular formula is C13H14Cl2N2O3. The van der Waals surface area contributed by atoms with E-state index < -0.39 is 15.7 Å². The molecule has 0 aliphatic heterocycles. The minimum atomic E-state index is -0.998. The summed E-state index contributed by atoms with van der Waals surface area (Å²) < 4.78 is 4.11. The number of ether oxygens (including phenoxy) is 1. The van der Waals surface area contributed by atoms with Crippen molar-refractivity contribution in [3.05, 3.63) is 24.3 Å². The van der Waals surface area contributed by atoms with Crippen LogP contribution in [0.25, 0.3) is 0 Å². The van der Waals surface area contributed by atoms with Crippen LogP contribution in [-0.4, -0.2) is 22.8 Å². The van der Waals surface area contributed by atoms with Crippen LogP contribution < -0.4 is 15.8 Å². The Morgan fingerprint density at radius 1 is 1.35 bits per heavy atom. The zero-order chi connectivity index (χ0) is 15.0. The summed E-state index contributed by atoms with van der Waals surface area (Å²) in [6, 6.07) is 6.57. The molecule has 0 bridgehead atoms. The first kappa shape index (κ1) is 14.9.